The van der Waals surface area contributed by atoms with Gasteiger partial charge in [0.1, 0.15) is 5.82 Å². The second kappa shape index (κ2) is 9.91. The molecule has 0 saturated carbocycles. The highest BCUT2D eigenvalue weighted by molar-refractivity contribution is 7.89. The first-order valence-corrected chi connectivity index (χ1v) is 12.8. The first kappa shape index (κ1) is 25.7. The van der Waals surface area contributed by atoms with Gasteiger partial charge in [-0.1, -0.05) is 29.8 Å². The summed E-state index contributed by atoms with van der Waals surface area (Å²) in [6.45, 7) is 5.20. The van der Waals surface area contributed by atoms with Crippen LogP contribution < -0.4 is 0 Å². The van der Waals surface area contributed by atoms with Crippen LogP contribution >= 0.6 is 0 Å². The number of ketones is 1. The predicted octanol–water partition coefficient (Wildman–Crippen LogP) is 4.90. The van der Waals surface area contributed by atoms with Gasteiger partial charge in [0.15, 0.2) is 0 Å². The van der Waals surface area contributed by atoms with Gasteiger partial charge in [0.25, 0.3) is 6.17 Å². The van der Waals surface area contributed by atoms with Gasteiger partial charge in [-0.05, 0) is 73.4 Å². The number of sulfonamides is 1. The van der Waals surface area contributed by atoms with Crippen molar-refractivity contribution in [1.82, 2.24) is 4.31 Å². The van der Waals surface area contributed by atoms with Crippen LogP contribution in [0, 0.1) is 19.7 Å². The number of nitrogens with zero attached hydrogens (tertiary/aromatic N) is 1. The molecule has 0 amide bonds. The van der Waals surface area contributed by atoms with Crippen molar-refractivity contribution < 1.29 is 31.5 Å². The number of rotatable bonds is 7. The van der Waals surface area contributed by atoms with Crippen LogP contribution in [0.15, 0.2) is 59.5 Å². The SMILES string of the molecule is CCOC(=O)C(F)C(=O)c1cc(C)c(-c2ccc3c(c2)CN(S(=O)(=O)c2ccc(C)cc2)C3)c(F)c1. The molecule has 188 valence electrons. The number of alkyl halides is 1. The van der Waals surface area contributed by atoms with Crippen LogP contribution in [0.4, 0.5) is 8.78 Å². The molecule has 0 fully saturated rings. The third kappa shape index (κ3) is 4.81. The second-order valence-corrected chi connectivity index (χ2v) is 10.6. The average Bonchev–Trinajstić information content (AvgIpc) is 3.27. The van der Waals surface area contributed by atoms with Crippen molar-refractivity contribution in [1.29, 1.82) is 0 Å². The fraction of sp³-hybridized carbons (Fsp3) is 0.259. The van der Waals surface area contributed by atoms with Crippen LogP contribution in [-0.4, -0.2) is 37.3 Å². The number of hydrogen-bond donors (Lipinski definition) is 0. The molecule has 1 unspecified atom stereocenters. The molecule has 4 rings (SSSR count). The number of esters is 1. The van der Waals surface area contributed by atoms with E-state index in [1.807, 2.05) is 6.92 Å². The Morgan fingerprint density at radius 3 is 2.31 bits per heavy atom. The fourth-order valence-electron chi connectivity index (χ4n) is 4.27. The number of aryl methyl sites for hydroxylation is 2. The normalized spacial score (nSPS) is 14.4. The van der Waals surface area contributed by atoms with Crippen LogP contribution in [0.5, 0.6) is 0 Å². The van der Waals surface area contributed by atoms with Crippen molar-refractivity contribution in [3.63, 3.8) is 0 Å². The zero-order valence-electron chi connectivity index (χ0n) is 20.0. The molecule has 36 heavy (non-hydrogen) atoms. The summed E-state index contributed by atoms with van der Waals surface area (Å²) < 4.78 is 61.4. The van der Waals surface area contributed by atoms with Crippen molar-refractivity contribution in [3.8, 4) is 11.1 Å². The van der Waals surface area contributed by atoms with E-state index in [-0.39, 0.29) is 35.7 Å². The Bertz CT molecular complexity index is 1430. The lowest BCUT2D eigenvalue weighted by Gasteiger charge is -2.15. The summed E-state index contributed by atoms with van der Waals surface area (Å²) in [6.07, 6.45) is -2.53. The molecule has 0 bridgehead atoms. The van der Waals surface area contributed by atoms with Gasteiger partial charge in [-0.25, -0.2) is 22.0 Å². The molecule has 9 heteroatoms. The molecule has 1 aliphatic heterocycles. The van der Waals surface area contributed by atoms with E-state index in [0.29, 0.717) is 11.1 Å². The molecule has 0 saturated heterocycles. The summed E-state index contributed by atoms with van der Waals surface area (Å²) in [5.41, 5.74) is 3.32. The topological polar surface area (TPSA) is 80.8 Å². The van der Waals surface area contributed by atoms with Gasteiger partial charge in [-0.2, -0.15) is 4.31 Å². The van der Waals surface area contributed by atoms with Crippen LogP contribution in [0.25, 0.3) is 11.1 Å². The van der Waals surface area contributed by atoms with E-state index in [9.17, 15) is 22.4 Å². The average molecular weight is 514 g/mol. The number of carbonyl (C=O) groups excluding carboxylic acids is 2. The summed E-state index contributed by atoms with van der Waals surface area (Å²) in [7, 11) is -3.70. The van der Waals surface area contributed by atoms with E-state index in [4.69, 9.17) is 0 Å². The van der Waals surface area contributed by atoms with Crippen molar-refractivity contribution in [2.45, 2.75) is 44.9 Å². The summed E-state index contributed by atoms with van der Waals surface area (Å²) in [6, 6.07) is 14.0. The van der Waals surface area contributed by atoms with Gasteiger partial charge in [0.2, 0.25) is 15.8 Å². The van der Waals surface area contributed by atoms with Gasteiger partial charge < -0.3 is 4.74 Å². The minimum absolute atomic E-state index is 0.0824. The van der Waals surface area contributed by atoms with Crippen molar-refractivity contribution >= 4 is 21.8 Å². The predicted molar refractivity (Wildman–Crippen MR) is 130 cm³/mol. The van der Waals surface area contributed by atoms with Crippen LogP contribution in [0.1, 0.15) is 39.5 Å². The number of fused-ring (bicyclic) bond motifs is 1. The largest absolute Gasteiger partial charge is 0.463 e. The number of ether oxygens (including phenoxy) is 1. The molecule has 6 nitrogen and oxygen atoms in total. The highest BCUT2D eigenvalue weighted by atomic mass is 32.2. The number of hydrogen-bond acceptors (Lipinski definition) is 5. The molecular weight excluding hydrogens is 488 g/mol. The third-order valence-electron chi connectivity index (χ3n) is 6.14. The maximum absolute atomic E-state index is 15.1. The Morgan fingerprint density at radius 1 is 1.00 bits per heavy atom. The quantitative estimate of drug-likeness (QED) is 0.255. The van der Waals surface area contributed by atoms with E-state index in [0.717, 1.165) is 22.8 Å². The highest BCUT2D eigenvalue weighted by Crippen LogP contribution is 2.34. The standard InChI is InChI=1S/C27H25F2NO5S/c1-4-35-27(32)25(29)26(31)20-11-17(3)24(23(28)13-20)18-7-8-19-14-30(15-21(19)12-18)36(33,34)22-9-5-16(2)6-10-22/h5-13,25H,4,14-15H2,1-3H3. The molecule has 3 aromatic carbocycles. The minimum atomic E-state index is -3.70. The van der Waals surface area contributed by atoms with Gasteiger partial charge in [-0.15, -0.1) is 0 Å². The summed E-state index contributed by atoms with van der Waals surface area (Å²) in [4.78, 5) is 24.1. The van der Waals surface area contributed by atoms with Gasteiger partial charge in [0, 0.05) is 24.2 Å². The molecule has 1 heterocycles. The van der Waals surface area contributed by atoms with Crippen molar-refractivity contribution in [2.24, 2.45) is 0 Å². The van der Waals surface area contributed by atoms with Crippen LogP contribution in [0.2, 0.25) is 0 Å². The molecule has 1 atom stereocenters. The number of halogens is 2. The number of Topliss-reactive ketones (excluding diaryl/α,β-unsaturated/α-hetero) is 1. The lowest BCUT2D eigenvalue weighted by Crippen LogP contribution is -2.28. The maximum Gasteiger partial charge on any atom is 0.348 e. The lowest BCUT2D eigenvalue weighted by atomic mass is 9.93. The van der Waals surface area contributed by atoms with Gasteiger partial charge in [-0.3, -0.25) is 4.79 Å². The number of benzene rings is 3. The molecule has 0 aliphatic carbocycles. The van der Waals surface area contributed by atoms with E-state index >= 15 is 4.39 Å². The highest BCUT2D eigenvalue weighted by Gasteiger charge is 2.32. The van der Waals surface area contributed by atoms with E-state index in [1.165, 1.54) is 17.3 Å². The monoisotopic (exact) mass is 513 g/mol. The van der Waals surface area contributed by atoms with Gasteiger partial charge in [0.05, 0.1) is 11.5 Å². The van der Waals surface area contributed by atoms with Crippen molar-refractivity contribution in [2.75, 3.05) is 6.61 Å². The zero-order chi connectivity index (χ0) is 26.2. The van der Waals surface area contributed by atoms with Gasteiger partial charge >= 0.3 is 5.97 Å². The smallest absolute Gasteiger partial charge is 0.348 e. The number of carbonyl (C=O) groups is 2. The molecule has 0 radical (unpaired) electrons. The molecular formula is C27H25F2NO5S. The molecule has 0 N–H and O–H groups in total. The summed E-state index contributed by atoms with van der Waals surface area (Å²) >= 11 is 0. The Labute approximate surface area is 208 Å². The van der Waals surface area contributed by atoms with Crippen molar-refractivity contribution in [3.05, 3.63) is 88.2 Å². The molecule has 3 aromatic rings. The first-order chi connectivity index (χ1) is 17.0. The third-order valence-corrected chi connectivity index (χ3v) is 7.95. The van der Waals surface area contributed by atoms with E-state index in [2.05, 4.69) is 4.74 Å². The maximum atomic E-state index is 15.1. The fourth-order valence-corrected chi connectivity index (χ4v) is 5.67. The van der Waals surface area contributed by atoms with Crippen LogP contribution in [0.3, 0.4) is 0 Å². The minimum Gasteiger partial charge on any atom is -0.463 e. The Hall–Kier alpha value is -3.43. The Balaban J connectivity index is 1.61. The van der Waals surface area contributed by atoms with E-state index < -0.39 is 33.8 Å². The molecule has 0 spiro atoms. The first-order valence-electron chi connectivity index (χ1n) is 11.4. The van der Waals surface area contributed by atoms with E-state index in [1.54, 1.807) is 49.4 Å². The summed E-state index contributed by atoms with van der Waals surface area (Å²) in [5.74, 6) is -3.24. The second-order valence-electron chi connectivity index (χ2n) is 8.70. The van der Waals surface area contributed by atoms with Crippen LogP contribution in [-0.2, 0) is 32.6 Å². The Morgan fingerprint density at radius 2 is 1.67 bits per heavy atom. The Kier molecular flexibility index (Phi) is 7.06. The zero-order valence-corrected chi connectivity index (χ0v) is 20.9. The molecule has 1 aliphatic rings. The molecule has 0 aromatic heterocycles. The lowest BCUT2D eigenvalue weighted by molar-refractivity contribution is -0.147. The summed E-state index contributed by atoms with van der Waals surface area (Å²) in [5, 5.41) is 0.